The van der Waals surface area contributed by atoms with Gasteiger partial charge in [-0.05, 0) is 39.2 Å². The lowest BCUT2D eigenvalue weighted by atomic mass is 9.96. The first kappa shape index (κ1) is 17.0. The summed E-state index contributed by atoms with van der Waals surface area (Å²) in [6.07, 6.45) is 0.293. The van der Waals surface area contributed by atoms with E-state index in [1.54, 1.807) is 20.8 Å². The van der Waals surface area contributed by atoms with Crippen LogP contribution in [-0.2, 0) is 16.0 Å². The molecule has 0 aliphatic carbocycles. The van der Waals surface area contributed by atoms with Crippen LogP contribution < -0.4 is 5.32 Å². The minimum absolute atomic E-state index is 0.277. The number of carboxylic acids is 1. The second-order valence-corrected chi connectivity index (χ2v) is 5.94. The highest BCUT2D eigenvalue weighted by atomic mass is 16.6. The quantitative estimate of drug-likeness (QED) is 0.845. The number of benzene rings is 1. The molecule has 1 aromatic rings. The number of hydrogen-bond acceptors (Lipinski definition) is 3. The molecular formula is C16H23NO4. The van der Waals surface area contributed by atoms with Crippen LogP contribution in [0.4, 0.5) is 4.79 Å². The van der Waals surface area contributed by atoms with Crippen LogP contribution in [0.2, 0.25) is 0 Å². The number of nitrogens with one attached hydrogen (secondary N) is 1. The average molecular weight is 293 g/mol. The van der Waals surface area contributed by atoms with Crippen LogP contribution >= 0.6 is 0 Å². The third-order valence-electron chi connectivity index (χ3n) is 2.84. The molecule has 1 amide bonds. The summed E-state index contributed by atoms with van der Waals surface area (Å²) < 4.78 is 5.10. The number of alkyl carbamates (subject to hydrolysis) is 1. The molecule has 0 aromatic heterocycles. The van der Waals surface area contributed by atoms with Gasteiger partial charge < -0.3 is 15.2 Å². The highest BCUT2D eigenvalue weighted by Crippen LogP contribution is 2.12. The maximum atomic E-state index is 11.5. The van der Waals surface area contributed by atoms with Gasteiger partial charge in [0.2, 0.25) is 0 Å². The van der Waals surface area contributed by atoms with Gasteiger partial charge in [-0.3, -0.25) is 4.79 Å². The Hall–Kier alpha value is -2.04. The largest absolute Gasteiger partial charge is 0.481 e. The Morgan fingerprint density at radius 1 is 1.24 bits per heavy atom. The van der Waals surface area contributed by atoms with E-state index in [2.05, 4.69) is 5.32 Å². The molecule has 0 saturated carbocycles. The summed E-state index contributed by atoms with van der Waals surface area (Å²) in [6, 6.07) is 9.46. The maximum Gasteiger partial charge on any atom is 0.407 e. The fourth-order valence-corrected chi connectivity index (χ4v) is 1.87. The lowest BCUT2D eigenvalue weighted by molar-refractivity contribution is -0.141. The van der Waals surface area contributed by atoms with Crippen molar-refractivity contribution >= 4 is 12.1 Å². The molecule has 116 valence electrons. The summed E-state index contributed by atoms with van der Waals surface area (Å²) in [4.78, 5) is 22.8. The first-order chi connectivity index (χ1) is 9.78. The van der Waals surface area contributed by atoms with E-state index in [1.165, 1.54) is 0 Å². The van der Waals surface area contributed by atoms with Crippen molar-refractivity contribution in [2.75, 3.05) is 6.54 Å². The van der Waals surface area contributed by atoms with Crippen molar-refractivity contribution in [3.63, 3.8) is 0 Å². The lowest BCUT2D eigenvalue weighted by Crippen LogP contribution is -2.34. The van der Waals surface area contributed by atoms with Gasteiger partial charge >= 0.3 is 12.1 Å². The molecule has 0 spiro atoms. The second-order valence-electron chi connectivity index (χ2n) is 5.94. The van der Waals surface area contributed by atoms with Gasteiger partial charge in [0.15, 0.2) is 0 Å². The van der Waals surface area contributed by atoms with Crippen LogP contribution in [0.25, 0.3) is 0 Å². The topological polar surface area (TPSA) is 75.6 Å². The van der Waals surface area contributed by atoms with Gasteiger partial charge in [0.05, 0.1) is 5.92 Å². The molecule has 0 saturated heterocycles. The Morgan fingerprint density at radius 2 is 1.86 bits per heavy atom. The summed E-state index contributed by atoms with van der Waals surface area (Å²) in [7, 11) is 0. The Balaban J connectivity index is 2.42. The van der Waals surface area contributed by atoms with Gasteiger partial charge in [-0.25, -0.2) is 4.79 Å². The van der Waals surface area contributed by atoms with Gasteiger partial charge in [0.25, 0.3) is 0 Å². The molecule has 0 heterocycles. The van der Waals surface area contributed by atoms with Crippen molar-refractivity contribution in [3.05, 3.63) is 35.9 Å². The molecule has 0 unspecified atom stereocenters. The molecule has 5 heteroatoms. The van der Waals surface area contributed by atoms with E-state index in [9.17, 15) is 14.7 Å². The van der Waals surface area contributed by atoms with Crippen molar-refractivity contribution < 1.29 is 19.4 Å². The summed E-state index contributed by atoms with van der Waals surface area (Å²) in [5, 5.41) is 11.8. The summed E-state index contributed by atoms with van der Waals surface area (Å²) in [6.45, 7) is 5.62. The van der Waals surface area contributed by atoms with E-state index >= 15 is 0 Å². The van der Waals surface area contributed by atoms with Gasteiger partial charge in [-0.2, -0.15) is 0 Å². The SMILES string of the molecule is CC(C)(C)OC(=O)NCC[C@@H](Cc1ccccc1)C(=O)O. The Morgan fingerprint density at radius 3 is 2.38 bits per heavy atom. The van der Waals surface area contributed by atoms with E-state index in [0.29, 0.717) is 12.8 Å². The molecule has 5 nitrogen and oxygen atoms in total. The van der Waals surface area contributed by atoms with E-state index < -0.39 is 23.6 Å². The third kappa shape index (κ3) is 7.34. The van der Waals surface area contributed by atoms with Crippen LogP contribution in [0.5, 0.6) is 0 Å². The zero-order chi connectivity index (χ0) is 15.9. The molecule has 21 heavy (non-hydrogen) atoms. The molecule has 0 fully saturated rings. The van der Waals surface area contributed by atoms with Gasteiger partial charge in [0, 0.05) is 6.54 Å². The number of carbonyl (C=O) groups excluding carboxylic acids is 1. The van der Waals surface area contributed by atoms with Crippen molar-refractivity contribution in [1.82, 2.24) is 5.32 Å². The molecule has 0 aliphatic heterocycles. The molecule has 0 aliphatic rings. The molecule has 1 atom stereocenters. The first-order valence-corrected chi connectivity index (χ1v) is 7.01. The lowest BCUT2D eigenvalue weighted by Gasteiger charge is -2.20. The fraction of sp³-hybridized carbons (Fsp3) is 0.500. The van der Waals surface area contributed by atoms with Gasteiger partial charge in [-0.1, -0.05) is 30.3 Å². The normalized spacial score (nSPS) is 12.5. The standard InChI is InChI=1S/C16H23NO4/c1-16(2,3)21-15(20)17-10-9-13(14(18)19)11-12-7-5-4-6-8-12/h4-8,13H,9-11H2,1-3H3,(H,17,20)(H,18,19)/t13-/m0/s1. The highest BCUT2D eigenvalue weighted by Gasteiger charge is 2.19. The molecule has 1 rings (SSSR count). The average Bonchev–Trinajstić information content (AvgIpc) is 2.36. The number of aliphatic carboxylic acids is 1. The minimum atomic E-state index is -0.857. The van der Waals surface area contributed by atoms with Crippen LogP contribution in [0.1, 0.15) is 32.8 Å². The summed E-state index contributed by atoms with van der Waals surface area (Å²) in [5.74, 6) is -1.38. The molecule has 0 radical (unpaired) electrons. The number of carbonyl (C=O) groups is 2. The van der Waals surface area contributed by atoms with Gasteiger partial charge in [0.1, 0.15) is 5.60 Å². The Kier molecular flexibility index (Phi) is 6.21. The van der Waals surface area contributed by atoms with Crippen LogP contribution in [0, 0.1) is 5.92 Å². The molecule has 1 aromatic carbocycles. The summed E-state index contributed by atoms with van der Waals surface area (Å²) >= 11 is 0. The van der Waals surface area contributed by atoms with Crippen LogP contribution in [0.3, 0.4) is 0 Å². The fourth-order valence-electron chi connectivity index (χ4n) is 1.87. The zero-order valence-electron chi connectivity index (χ0n) is 12.8. The summed E-state index contributed by atoms with van der Waals surface area (Å²) in [5.41, 5.74) is 0.419. The number of hydrogen-bond donors (Lipinski definition) is 2. The number of rotatable bonds is 6. The van der Waals surface area contributed by atoms with Crippen molar-refractivity contribution in [2.24, 2.45) is 5.92 Å². The Bertz CT molecular complexity index is 465. The number of carboxylic acid groups (broad SMARTS) is 1. The van der Waals surface area contributed by atoms with Crippen molar-refractivity contribution in [2.45, 2.75) is 39.2 Å². The smallest absolute Gasteiger partial charge is 0.407 e. The van der Waals surface area contributed by atoms with E-state index in [4.69, 9.17) is 4.74 Å². The third-order valence-corrected chi connectivity index (χ3v) is 2.84. The number of amides is 1. The predicted octanol–water partition coefficient (Wildman–Crippen LogP) is 2.84. The molecule has 2 N–H and O–H groups in total. The van der Waals surface area contributed by atoms with Crippen LogP contribution in [-0.4, -0.2) is 29.3 Å². The van der Waals surface area contributed by atoms with E-state index in [0.717, 1.165) is 5.56 Å². The maximum absolute atomic E-state index is 11.5. The van der Waals surface area contributed by atoms with Crippen molar-refractivity contribution in [3.8, 4) is 0 Å². The van der Waals surface area contributed by atoms with Gasteiger partial charge in [-0.15, -0.1) is 0 Å². The highest BCUT2D eigenvalue weighted by molar-refractivity contribution is 5.71. The molecular weight excluding hydrogens is 270 g/mol. The van der Waals surface area contributed by atoms with E-state index in [-0.39, 0.29) is 6.54 Å². The minimum Gasteiger partial charge on any atom is -0.481 e. The van der Waals surface area contributed by atoms with Crippen LogP contribution in [0.15, 0.2) is 30.3 Å². The Labute approximate surface area is 125 Å². The van der Waals surface area contributed by atoms with Crippen molar-refractivity contribution in [1.29, 1.82) is 0 Å². The zero-order valence-corrected chi connectivity index (χ0v) is 12.8. The number of ether oxygens (including phenoxy) is 1. The monoisotopic (exact) mass is 293 g/mol. The van der Waals surface area contributed by atoms with E-state index in [1.807, 2.05) is 30.3 Å². The second kappa shape index (κ2) is 7.67. The molecule has 0 bridgehead atoms. The predicted molar refractivity (Wildman–Crippen MR) is 80.1 cm³/mol. The first-order valence-electron chi connectivity index (χ1n) is 7.01.